The summed E-state index contributed by atoms with van der Waals surface area (Å²) >= 11 is 0. The first kappa shape index (κ1) is 17.5. The van der Waals surface area contributed by atoms with Crippen LogP contribution in [0.4, 0.5) is 0 Å². The molecule has 0 amide bonds. The highest BCUT2D eigenvalue weighted by Crippen LogP contribution is 2.35. The first-order valence-electron chi connectivity index (χ1n) is 10.0. The lowest BCUT2D eigenvalue weighted by molar-refractivity contribution is -0.0872. The molecule has 2 aliphatic heterocycles. The van der Waals surface area contributed by atoms with E-state index in [0.717, 1.165) is 35.7 Å². The molecule has 3 heterocycles. The van der Waals surface area contributed by atoms with Crippen LogP contribution in [0.5, 0.6) is 0 Å². The molecule has 2 aromatic carbocycles. The monoisotopic (exact) mass is 372 g/mol. The fourth-order valence-corrected chi connectivity index (χ4v) is 4.80. The van der Waals surface area contributed by atoms with E-state index in [1.54, 1.807) is 6.20 Å². The summed E-state index contributed by atoms with van der Waals surface area (Å²) in [5.74, 6) is 0.312. The van der Waals surface area contributed by atoms with Crippen molar-refractivity contribution in [2.75, 3.05) is 13.2 Å². The van der Waals surface area contributed by atoms with Crippen molar-refractivity contribution in [2.45, 2.75) is 31.5 Å². The molecule has 0 aliphatic carbocycles. The van der Waals surface area contributed by atoms with Crippen molar-refractivity contribution in [1.29, 1.82) is 0 Å². The Labute approximate surface area is 165 Å². The summed E-state index contributed by atoms with van der Waals surface area (Å²) in [6.45, 7) is 2.35. The van der Waals surface area contributed by atoms with Crippen LogP contribution in [-0.2, 0) is 11.3 Å². The smallest absolute Gasteiger partial charge is 0.166 e. The van der Waals surface area contributed by atoms with Crippen molar-refractivity contribution in [3.8, 4) is 0 Å². The molecule has 3 aromatic rings. The minimum Gasteiger partial charge on any atom is -0.378 e. The van der Waals surface area contributed by atoms with Gasteiger partial charge in [-0.2, -0.15) is 0 Å². The summed E-state index contributed by atoms with van der Waals surface area (Å²) in [6, 6.07) is 19.1. The molecule has 0 radical (unpaired) electrons. The second-order valence-corrected chi connectivity index (χ2v) is 7.94. The Hall–Kier alpha value is -2.56. The summed E-state index contributed by atoms with van der Waals surface area (Å²) in [5.41, 5.74) is 2.13. The molecule has 0 N–H and O–H groups in total. The number of carbonyl (C=O) groups excluding carboxylic acids is 1. The molecule has 2 bridgehead atoms. The summed E-state index contributed by atoms with van der Waals surface area (Å²) in [6.07, 6.45) is 5.31. The summed E-state index contributed by atoms with van der Waals surface area (Å²) in [4.78, 5) is 20.2. The van der Waals surface area contributed by atoms with Gasteiger partial charge in [-0.25, -0.2) is 0 Å². The summed E-state index contributed by atoms with van der Waals surface area (Å²) < 4.78 is 5.85. The number of pyridine rings is 1. The molecule has 4 heteroatoms. The maximum atomic E-state index is 13.4. The van der Waals surface area contributed by atoms with Gasteiger partial charge in [0.2, 0.25) is 0 Å². The highest BCUT2D eigenvalue weighted by Gasteiger charge is 2.41. The minimum atomic E-state index is 0.0525. The van der Waals surface area contributed by atoms with Crippen molar-refractivity contribution >= 4 is 16.6 Å². The summed E-state index contributed by atoms with van der Waals surface area (Å²) in [7, 11) is 0. The van der Waals surface area contributed by atoms with Crippen molar-refractivity contribution < 1.29 is 9.53 Å². The van der Waals surface area contributed by atoms with Crippen LogP contribution >= 0.6 is 0 Å². The first-order chi connectivity index (χ1) is 13.8. The molecule has 1 aromatic heterocycles. The first-order valence-corrected chi connectivity index (χ1v) is 10.0. The lowest BCUT2D eigenvalue weighted by Crippen LogP contribution is -2.57. The Kier molecular flexibility index (Phi) is 4.67. The molecule has 2 aliphatic rings. The van der Waals surface area contributed by atoms with Crippen molar-refractivity contribution in [3.63, 3.8) is 0 Å². The van der Waals surface area contributed by atoms with E-state index in [1.165, 1.54) is 5.56 Å². The standard InChI is InChI=1S/C24H24N2O2/c27-24(22-8-4-7-18-9-10-25-13-23(18)22)19-11-20-15-28-16-21(12-19)26(20)14-17-5-2-1-3-6-17/h1-10,13,19-21H,11-12,14-16H2. The van der Waals surface area contributed by atoms with Crippen LogP contribution in [0.15, 0.2) is 67.0 Å². The van der Waals surface area contributed by atoms with Gasteiger partial charge in [-0.15, -0.1) is 0 Å². The Morgan fingerprint density at radius 3 is 2.57 bits per heavy atom. The molecule has 0 spiro atoms. The topological polar surface area (TPSA) is 42.4 Å². The van der Waals surface area contributed by atoms with Gasteiger partial charge in [0.15, 0.2) is 5.78 Å². The van der Waals surface area contributed by atoms with E-state index in [0.29, 0.717) is 25.3 Å². The number of benzene rings is 2. The third kappa shape index (κ3) is 3.23. The zero-order chi connectivity index (χ0) is 18.9. The zero-order valence-corrected chi connectivity index (χ0v) is 15.8. The number of morpholine rings is 1. The number of aromatic nitrogens is 1. The number of Topliss-reactive ketones (excluding diaryl/α,β-unsaturated/α-hetero) is 1. The Morgan fingerprint density at radius 2 is 1.79 bits per heavy atom. The molecule has 2 atom stereocenters. The van der Waals surface area contributed by atoms with E-state index in [9.17, 15) is 4.79 Å². The second-order valence-electron chi connectivity index (χ2n) is 7.94. The number of rotatable bonds is 4. The molecule has 2 fully saturated rings. The normalized spacial score (nSPS) is 24.9. The van der Waals surface area contributed by atoms with Crippen LogP contribution in [-0.4, -0.2) is 41.0 Å². The molecule has 2 saturated heterocycles. The number of carbonyl (C=O) groups is 1. The number of fused-ring (bicyclic) bond motifs is 3. The maximum Gasteiger partial charge on any atom is 0.166 e. The Balaban J connectivity index is 1.39. The number of ether oxygens (including phenoxy) is 1. The Bertz CT molecular complexity index is 969. The number of piperidine rings is 1. The van der Waals surface area contributed by atoms with Crippen LogP contribution in [0.25, 0.3) is 10.8 Å². The fourth-order valence-electron chi connectivity index (χ4n) is 4.80. The highest BCUT2D eigenvalue weighted by atomic mass is 16.5. The van der Waals surface area contributed by atoms with Crippen LogP contribution < -0.4 is 0 Å². The largest absolute Gasteiger partial charge is 0.378 e. The molecule has 0 saturated carbocycles. The molecule has 4 nitrogen and oxygen atoms in total. The number of hydrogen-bond donors (Lipinski definition) is 0. The van der Waals surface area contributed by atoms with E-state index in [-0.39, 0.29) is 11.7 Å². The predicted molar refractivity (Wildman–Crippen MR) is 109 cm³/mol. The van der Waals surface area contributed by atoms with Crippen LogP contribution in [0.2, 0.25) is 0 Å². The molecule has 28 heavy (non-hydrogen) atoms. The van der Waals surface area contributed by atoms with E-state index in [2.05, 4.69) is 40.2 Å². The van der Waals surface area contributed by atoms with Gasteiger partial charge in [-0.05, 0) is 29.9 Å². The van der Waals surface area contributed by atoms with Crippen molar-refractivity contribution in [2.24, 2.45) is 5.92 Å². The van der Waals surface area contributed by atoms with Gasteiger partial charge in [-0.3, -0.25) is 14.7 Å². The minimum absolute atomic E-state index is 0.0525. The third-order valence-electron chi connectivity index (χ3n) is 6.20. The van der Waals surface area contributed by atoms with E-state index in [4.69, 9.17) is 4.74 Å². The Morgan fingerprint density at radius 1 is 1.00 bits per heavy atom. The zero-order valence-electron chi connectivity index (χ0n) is 15.8. The summed E-state index contributed by atoms with van der Waals surface area (Å²) in [5, 5.41) is 2.04. The van der Waals surface area contributed by atoms with Crippen LogP contribution in [0.1, 0.15) is 28.8 Å². The lowest BCUT2D eigenvalue weighted by atomic mass is 9.80. The van der Waals surface area contributed by atoms with E-state index < -0.39 is 0 Å². The number of hydrogen-bond acceptors (Lipinski definition) is 4. The molecular weight excluding hydrogens is 348 g/mol. The van der Waals surface area contributed by atoms with Gasteiger partial charge < -0.3 is 4.74 Å². The van der Waals surface area contributed by atoms with E-state index in [1.807, 2.05) is 30.5 Å². The second kappa shape index (κ2) is 7.46. The van der Waals surface area contributed by atoms with Crippen molar-refractivity contribution in [3.05, 3.63) is 78.1 Å². The van der Waals surface area contributed by atoms with Gasteiger partial charge in [-0.1, -0.05) is 48.5 Å². The third-order valence-corrected chi connectivity index (χ3v) is 6.20. The quantitative estimate of drug-likeness (QED) is 0.647. The number of nitrogens with zero attached hydrogens (tertiary/aromatic N) is 2. The lowest BCUT2D eigenvalue weighted by Gasteiger charge is -2.48. The molecular formula is C24H24N2O2. The number of ketones is 1. The average Bonchev–Trinajstić information content (AvgIpc) is 2.73. The van der Waals surface area contributed by atoms with Gasteiger partial charge >= 0.3 is 0 Å². The van der Waals surface area contributed by atoms with Gasteiger partial charge in [0.25, 0.3) is 0 Å². The average molecular weight is 372 g/mol. The van der Waals surface area contributed by atoms with Gasteiger partial charge in [0.1, 0.15) is 0 Å². The van der Waals surface area contributed by atoms with Crippen molar-refractivity contribution in [1.82, 2.24) is 9.88 Å². The van der Waals surface area contributed by atoms with Crippen LogP contribution in [0.3, 0.4) is 0 Å². The van der Waals surface area contributed by atoms with Gasteiger partial charge in [0, 0.05) is 47.9 Å². The molecule has 2 unspecified atom stereocenters. The maximum absolute atomic E-state index is 13.4. The van der Waals surface area contributed by atoms with Gasteiger partial charge in [0.05, 0.1) is 13.2 Å². The molecule has 142 valence electrons. The SMILES string of the molecule is O=C(c1cccc2ccncc12)C1CC2COCC(C1)N2Cc1ccccc1. The molecule has 5 rings (SSSR count). The highest BCUT2D eigenvalue weighted by molar-refractivity contribution is 6.08. The van der Waals surface area contributed by atoms with E-state index >= 15 is 0 Å². The van der Waals surface area contributed by atoms with Crippen LogP contribution in [0, 0.1) is 5.92 Å². The predicted octanol–water partition coefficient (Wildman–Crippen LogP) is 4.10. The fraction of sp³-hybridized carbons (Fsp3) is 0.333.